The third-order valence-corrected chi connectivity index (χ3v) is 11.0. The van der Waals surface area contributed by atoms with Gasteiger partial charge < -0.3 is 8.83 Å². The lowest BCUT2D eigenvalue weighted by molar-refractivity contribution is 0.670. The Morgan fingerprint density at radius 2 is 0.680 bits per heavy atom. The number of hydrogen-bond acceptors (Lipinski definition) is 2. The lowest BCUT2D eigenvalue weighted by Gasteiger charge is -2.16. The Kier molecular flexibility index (Phi) is 5.00. The summed E-state index contributed by atoms with van der Waals surface area (Å²) in [6.07, 6.45) is 0. The molecule has 0 bridgehead atoms. The molecule has 0 amide bonds. The molecule has 0 spiro atoms. The molecule has 50 heavy (non-hydrogen) atoms. The highest BCUT2D eigenvalue weighted by molar-refractivity contribution is 6.29. The number of hydrogen-bond donors (Lipinski definition) is 0. The molecule has 12 rings (SSSR count). The summed E-state index contributed by atoms with van der Waals surface area (Å²) in [5.74, 6) is 0. The summed E-state index contributed by atoms with van der Waals surface area (Å²) in [4.78, 5) is 0. The van der Waals surface area contributed by atoms with Gasteiger partial charge in [0.05, 0.1) is 0 Å². The van der Waals surface area contributed by atoms with Crippen LogP contribution in [0.1, 0.15) is 0 Å². The van der Waals surface area contributed by atoms with Gasteiger partial charge in [0.1, 0.15) is 22.3 Å². The van der Waals surface area contributed by atoms with Crippen molar-refractivity contribution in [1.29, 1.82) is 0 Å². The first-order valence-electron chi connectivity index (χ1n) is 17.2. The molecular weight excluding hydrogens is 609 g/mol. The fourth-order valence-electron chi connectivity index (χ4n) is 8.66. The van der Waals surface area contributed by atoms with Crippen molar-refractivity contribution >= 4 is 97.7 Å². The van der Waals surface area contributed by atoms with Crippen LogP contribution < -0.4 is 0 Å². The summed E-state index contributed by atoms with van der Waals surface area (Å²) >= 11 is 0. The van der Waals surface area contributed by atoms with Crippen LogP contribution in [-0.4, -0.2) is 0 Å². The fourth-order valence-corrected chi connectivity index (χ4v) is 8.66. The highest BCUT2D eigenvalue weighted by Gasteiger charge is 2.20. The lowest BCUT2D eigenvalue weighted by Crippen LogP contribution is -1.90. The Morgan fingerprint density at radius 1 is 0.260 bits per heavy atom. The molecule has 0 saturated carbocycles. The van der Waals surface area contributed by atoms with Crippen molar-refractivity contribution in [2.24, 2.45) is 0 Å². The van der Waals surface area contributed by atoms with Crippen LogP contribution in [0.25, 0.3) is 120 Å². The van der Waals surface area contributed by atoms with E-state index in [0.29, 0.717) is 0 Å². The van der Waals surface area contributed by atoms with Gasteiger partial charge in [-0.3, -0.25) is 0 Å². The van der Waals surface area contributed by atoms with Gasteiger partial charge >= 0.3 is 0 Å². The number of para-hydroxylation sites is 2. The van der Waals surface area contributed by atoms with Crippen LogP contribution in [0.5, 0.6) is 0 Å². The Hall–Kier alpha value is -6.64. The molecule has 0 aliphatic heterocycles. The zero-order chi connectivity index (χ0) is 32.5. The second-order valence-electron chi connectivity index (χ2n) is 13.6. The van der Waals surface area contributed by atoms with Gasteiger partial charge in [0, 0.05) is 32.7 Å². The lowest BCUT2D eigenvalue weighted by atomic mass is 9.87. The molecule has 0 fully saturated rings. The fraction of sp³-hybridized carbons (Fsp3) is 0. The van der Waals surface area contributed by atoms with Gasteiger partial charge in [-0.05, 0) is 89.3 Å². The van der Waals surface area contributed by atoms with E-state index in [4.69, 9.17) is 8.83 Å². The van der Waals surface area contributed by atoms with E-state index >= 15 is 0 Å². The van der Waals surface area contributed by atoms with E-state index in [1.54, 1.807) is 0 Å². The molecular formula is C48H26O2. The molecule has 0 aliphatic rings. The van der Waals surface area contributed by atoms with Crippen LogP contribution in [0.3, 0.4) is 0 Å². The van der Waals surface area contributed by atoms with E-state index in [-0.39, 0.29) is 0 Å². The van der Waals surface area contributed by atoms with E-state index < -0.39 is 0 Å². The highest BCUT2D eigenvalue weighted by atomic mass is 16.3. The summed E-state index contributed by atoms with van der Waals surface area (Å²) < 4.78 is 13.4. The second-order valence-corrected chi connectivity index (χ2v) is 13.6. The van der Waals surface area contributed by atoms with Crippen molar-refractivity contribution < 1.29 is 8.83 Å². The molecule has 12 aromatic rings. The first kappa shape index (κ1) is 26.3. The van der Waals surface area contributed by atoms with Crippen molar-refractivity contribution in [3.8, 4) is 22.3 Å². The number of benzene rings is 10. The standard InChI is InChI=1S/C48H26O2/c1-3-9-31-25-43-41(23-29(31)7-1)39-13-5-11-37(47(39)49-43)33-19-15-27-18-22-36-34(20-16-28-17-21-35(33)45(27)46(28)36)38-12-6-14-40-42-24-30-8-2-4-10-32(30)26-44(42)50-48(38)40/h1-26H. The monoisotopic (exact) mass is 634 g/mol. The molecule has 0 N–H and O–H groups in total. The van der Waals surface area contributed by atoms with E-state index in [1.165, 1.54) is 65.0 Å². The molecule has 10 aromatic carbocycles. The van der Waals surface area contributed by atoms with Crippen molar-refractivity contribution in [2.75, 3.05) is 0 Å². The minimum absolute atomic E-state index is 0.918. The maximum atomic E-state index is 6.69. The van der Waals surface area contributed by atoms with Crippen molar-refractivity contribution in [3.05, 3.63) is 158 Å². The van der Waals surface area contributed by atoms with E-state index in [0.717, 1.165) is 55.0 Å². The third-order valence-electron chi connectivity index (χ3n) is 11.0. The zero-order valence-electron chi connectivity index (χ0n) is 26.8. The average Bonchev–Trinajstić information content (AvgIpc) is 3.72. The predicted octanol–water partition coefficient (Wildman–Crippen LogP) is 14.0. The maximum Gasteiger partial charge on any atom is 0.143 e. The minimum atomic E-state index is 0.918. The molecule has 2 heterocycles. The van der Waals surface area contributed by atoms with Crippen LogP contribution in [0.4, 0.5) is 0 Å². The molecule has 2 heteroatoms. The van der Waals surface area contributed by atoms with E-state index in [1.807, 2.05) is 0 Å². The molecule has 230 valence electrons. The average molecular weight is 635 g/mol. The second kappa shape index (κ2) is 9.49. The SMILES string of the molecule is c1ccc2cc3c(cc2c1)oc1c(-c2ccc4ccc5c(-c6cccc7c6oc6cc8ccccc8cc67)ccc6ccc2c4c65)cccc13. The van der Waals surface area contributed by atoms with Crippen LogP contribution in [-0.2, 0) is 0 Å². The first-order valence-corrected chi connectivity index (χ1v) is 17.2. The third kappa shape index (κ3) is 3.47. The zero-order valence-corrected chi connectivity index (χ0v) is 26.8. The van der Waals surface area contributed by atoms with Gasteiger partial charge in [0.2, 0.25) is 0 Å². The van der Waals surface area contributed by atoms with Crippen LogP contribution in [0.2, 0.25) is 0 Å². The summed E-state index contributed by atoms with van der Waals surface area (Å²) in [5.41, 5.74) is 8.27. The first-order chi connectivity index (χ1) is 24.8. The van der Waals surface area contributed by atoms with E-state index in [2.05, 4.69) is 158 Å². The molecule has 0 aliphatic carbocycles. The van der Waals surface area contributed by atoms with Crippen molar-refractivity contribution in [3.63, 3.8) is 0 Å². The number of rotatable bonds is 2. The number of furan rings is 2. The van der Waals surface area contributed by atoms with Crippen LogP contribution in [0, 0.1) is 0 Å². The summed E-state index contributed by atoms with van der Waals surface area (Å²) in [6.45, 7) is 0. The van der Waals surface area contributed by atoms with Gasteiger partial charge in [0.25, 0.3) is 0 Å². The van der Waals surface area contributed by atoms with Crippen LogP contribution >= 0.6 is 0 Å². The van der Waals surface area contributed by atoms with Gasteiger partial charge in [-0.15, -0.1) is 0 Å². The summed E-state index contributed by atoms with van der Waals surface area (Å²) in [5, 5.41) is 16.9. The Labute approximate surface area is 285 Å². The topological polar surface area (TPSA) is 26.3 Å². The molecule has 0 radical (unpaired) electrons. The molecule has 2 aromatic heterocycles. The highest BCUT2D eigenvalue weighted by Crippen LogP contribution is 2.46. The Balaban J connectivity index is 1.11. The van der Waals surface area contributed by atoms with Crippen LogP contribution in [0.15, 0.2) is 167 Å². The smallest absolute Gasteiger partial charge is 0.143 e. The molecule has 2 nitrogen and oxygen atoms in total. The number of fused-ring (bicyclic) bond motifs is 8. The normalized spacial score (nSPS) is 12.4. The van der Waals surface area contributed by atoms with E-state index in [9.17, 15) is 0 Å². The molecule has 0 unspecified atom stereocenters. The predicted molar refractivity (Wildman–Crippen MR) is 211 cm³/mol. The molecule has 0 atom stereocenters. The van der Waals surface area contributed by atoms with Gasteiger partial charge in [-0.2, -0.15) is 0 Å². The maximum absolute atomic E-state index is 6.69. The molecule has 0 saturated heterocycles. The minimum Gasteiger partial charge on any atom is -0.455 e. The Bertz CT molecular complexity index is 3150. The summed E-state index contributed by atoms with van der Waals surface area (Å²) in [6, 6.07) is 57.1. The van der Waals surface area contributed by atoms with Gasteiger partial charge in [0.15, 0.2) is 0 Å². The van der Waals surface area contributed by atoms with Gasteiger partial charge in [-0.1, -0.05) is 133 Å². The quantitative estimate of drug-likeness (QED) is 0.177. The van der Waals surface area contributed by atoms with Crippen molar-refractivity contribution in [2.45, 2.75) is 0 Å². The van der Waals surface area contributed by atoms with Gasteiger partial charge in [-0.25, -0.2) is 0 Å². The largest absolute Gasteiger partial charge is 0.455 e. The van der Waals surface area contributed by atoms with Crippen molar-refractivity contribution in [1.82, 2.24) is 0 Å². The summed E-state index contributed by atoms with van der Waals surface area (Å²) in [7, 11) is 0. The Morgan fingerprint density at radius 3 is 1.14 bits per heavy atom.